The Balaban J connectivity index is 2.44. The van der Waals surface area contributed by atoms with Crippen LogP contribution in [0.4, 0.5) is 19.0 Å². The number of aliphatic hydroxyl groups is 1. The zero-order chi connectivity index (χ0) is 10.3. The van der Waals surface area contributed by atoms with Gasteiger partial charge in [-0.05, 0) is 6.07 Å². The molecular weight excluding hydrogens is 197 g/mol. The van der Waals surface area contributed by atoms with Crippen molar-refractivity contribution in [3.63, 3.8) is 0 Å². The van der Waals surface area contributed by atoms with Gasteiger partial charge >= 0.3 is 6.30 Å². The van der Waals surface area contributed by atoms with E-state index in [1.165, 1.54) is 18.3 Å². The van der Waals surface area contributed by atoms with Gasteiger partial charge in [-0.25, -0.2) is 4.98 Å². The zero-order valence-electron chi connectivity index (χ0n) is 6.99. The summed E-state index contributed by atoms with van der Waals surface area (Å²) in [6.07, 6.45) is -4.32. The minimum Gasteiger partial charge on any atom is -0.386 e. The summed E-state index contributed by atoms with van der Waals surface area (Å²) in [5.74, 6) is -0.201. The maximum atomic E-state index is 12.4. The van der Waals surface area contributed by atoms with Crippen molar-refractivity contribution in [1.29, 1.82) is 0 Å². The number of β-amino-alcohol motifs (C(OH)–C–C–N with tert-alkyl or cyclic N) is 1. The molecule has 1 aliphatic rings. The van der Waals surface area contributed by atoms with Crippen LogP contribution in [0.1, 0.15) is 11.7 Å². The Labute approximate surface area is 77.8 Å². The lowest BCUT2D eigenvalue weighted by atomic mass is 10.2. The number of rotatable bonds is 0. The maximum Gasteiger partial charge on any atom is 0.486 e. The Morgan fingerprint density at radius 1 is 1.50 bits per heavy atom. The molecule has 6 heteroatoms. The number of aliphatic hydroxyl groups excluding tert-OH is 1. The van der Waals surface area contributed by atoms with Gasteiger partial charge in [0.15, 0.2) is 0 Å². The number of hydrogen-bond donors (Lipinski definition) is 1. The number of hydrogen-bond acceptors (Lipinski definition) is 3. The van der Waals surface area contributed by atoms with Crippen LogP contribution in [0.2, 0.25) is 0 Å². The molecule has 2 rings (SSSR count). The van der Waals surface area contributed by atoms with Crippen LogP contribution in [0.5, 0.6) is 0 Å². The van der Waals surface area contributed by atoms with Gasteiger partial charge in [-0.2, -0.15) is 13.2 Å². The summed E-state index contributed by atoms with van der Waals surface area (Å²) < 4.78 is 37.2. The van der Waals surface area contributed by atoms with Crippen molar-refractivity contribution in [2.75, 3.05) is 11.4 Å². The molecule has 76 valence electrons. The van der Waals surface area contributed by atoms with Gasteiger partial charge in [0, 0.05) is 11.8 Å². The van der Waals surface area contributed by atoms with E-state index in [1.807, 2.05) is 0 Å². The van der Waals surface area contributed by atoms with E-state index in [9.17, 15) is 18.3 Å². The molecule has 14 heavy (non-hydrogen) atoms. The van der Waals surface area contributed by atoms with Crippen molar-refractivity contribution < 1.29 is 18.3 Å². The molecule has 0 saturated carbocycles. The van der Waals surface area contributed by atoms with Crippen LogP contribution < -0.4 is 4.90 Å². The predicted octanol–water partition coefficient (Wildman–Crippen LogP) is 1.45. The first-order chi connectivity index (χ1) is 6.50. The van der Waals surface area contributed by atoms with Gasteiger partial charge in [-0.1, -0.05) is 6.07 Å². The second kappa shape index (κ2) is 2.84. The molecule has 0 bridgehead atoms. The minimum atomic E-state index is -4.49. The van der Waals surface area contributed by atoms with Gasteiger partial charge < -0.3 is 5.11 Å². The van der Waals surface area contributed by atoms with Crippen LogP contribution in [0.15, 0.2) is 18.3 Å². The summed E-state index contributed by atoms with van der Waals surface area (Å²) >= 11 is 0. The zero-order valence-corrected chi connectivity index (χ0v) is 6.99. The maximum absolute atomic E-state index is 12.4. The number of anilines is 1. The normalized spacial score (nSPS) is 21.1. The van der Waals surface area contributed by atoms with Gasteiger partial charge in [-0.3, -0.25) is 4.90 Å². The number of pyridine rings is 1. The monoisotopic (exact) mass is 204 g/mol. The molecule has 0 spiro atoms. The second-order valence-corrected chi connectivity index (χ2v) is 3.01. The smallest absolute Gasteiger partial charge is 0.386 e. The van der Waals surface area contributed by atoms with E-state index >= 15 is 0 Å². The molecule has 0 amide bonds. The van der Waals surface area contributed by atoms with Gasteiger partial charge in [0.1, 0.15) is 11.9 Å². The standard InChI is InChI=1S/C8H7F3N2O/c9-8(10,11)13-4-6(14)5-2-1-3-12-7(5)13/h1-3,6,14H,4H2. The van der Waals surface area contributed by atoms with Crippen LogP contribution in [0.3, 0.4) is 0 Å². The lowest BCUT2D eigenvalue weighted by Gasteiger charge is -2.20. The van der Waals surface area contributed by atoms with Crippen molar-refractivity contribution in [1.82, 2.24) is 4.98 Å². The molecule has 1 aromatic rings. The summed E-state index contributed by atoms with van der Waals surface area (Å²) in [6, 6.07) is 2.95. The third-order valence-electron chi connectivity index (χ3n) is 2.09. The molecule has 1 aromatic heterocycles. The molecule has 0 aliphatic carbocycles. The van der Waals surface area contributed by atoms with Crippen molar-refractivity contribution in [3.05, 3.63) is 23.9 Å². The fraction of sp³-hybridized carbons (Fsp3) is 0.375. The van der Waals surface area contributed by atoms with E-state index in [4.69, 9.17) is 0 Å². The minimum absolute atomic E-state index is 0.146. The molecule has 0 radical (unpaired) electrons. The first-order valence-electron chi connectivity index (χ1n) is 3.97. The summed E-state index contributed by atoms with van der Waals surface area (Å²) in [4.78, 5) is 3.75. The fourth-order valence-corrected chi connectivity index (χ4v) is 1.48. The van der Waals surface area contributed by atoms with Crippen molar-refractivity contribution >= 4 is 5.82 Å². The second-order valence-electron chi connectivity index (χ2n) is 3.01. The highest BCUT2D eigenvalue weighted by Crippen LogP contribution is 2.38. The fourth-order valence-electron chi connectivity index (χ4n) is 1.48. The van der Waals surface area contributed by atoms with Gasteiger partial charge in [0.2, 0.25) is 0 Å². The average molecular weight is 204 g/mol. The van der Waals surface area contributed by atoms with Gasteiger partial charge in [-0.15, -0.1) is 0 Å². The Bertz CT molecular complexity index is 353. The Hall–Kier alpha value is -1.30. The average Bonchev–Trinajstić information content (AvgIpc) is 2.44. The third-order valence-corrected chi connectivity index (χ3v) is 2.09. The topological polar surface area (TPSA) is 36.4 Å². The lowest BCUT2D eigenvalue weighted by molar-refractivity contribution is -0.130. The third kappa shape index (κ3) is 1.31. The van der Waals surface area contributed by atoms with E-state index in [-0.39, 0.29) is 16.3 Å². The quantitative estimate of drug-likeness (QED) is 0.650. The molecule has 1 unspecified atom stereocenters. The summed E-state index contributed by atoms with van der Waals surface area (Å²) in [5, 5.41) is 9.33. The van der Waals surface area contributed by atoms with E-state index in [2.05, 4.69) is 4.98 Å². The van der Waals surface area contributed by atoms with Crippen molar-refractivity contribution in [2.45, 2.75) is 12.4 Å². The summed E-state index contributed by atoms with van der Waals surface area (Å²) in [5.41, 5.74) is 0.227. The first kappa shape index (κ1) is 9.26. The number of fused-ring (bicyclic) bond motifs is 1. The molecule has 0 fully saturated rings. The molecule has 1 N–H and O–H groups in total. The number of alkyl halides is 3. The highest BCUT2D eigenvalue weighted by atomic mass is 19.4. The highest BCUT2D eigenvalue weighted by molar-refractivity contribution is 5.53. The van der Waals surface area contributed by atoms with E-state index in [0.717, 1.165) is 0 Å². The molecule has 1 aliphatic heterocycles. The van der Waals surface area contributed by atoms with E-state index in [1.54, 1.807) is 0 Å². The van der Waals surface area contributed by atoms with Crippen LogP contribution in [-0.2, 0) is 0 Å². The van der Waals surface area contributed by atoms with E-state index in [0.29, 0.717) is 0 Å². The van der Waals surface area contributed by atoms with Gasteiger partial charge in [0.25, 0.3) is 0 Å². The summed E-state index contributed by atoms with van der Waals surface area (Å²) in [6.45, 7) is -0.476. The van der Waals surface area contributed by atoms with Crippen molar-refractivity contribution in [2.24, 2.45) is 0 Å². The Morgan fingerprint density at radius 2 is 2.21 bits per heavy atom. The molecule has 0 saturated heterocycles. The predicted molar refractivity (Wildman–Crippen MR) is 42.6 cm³/mol. The molecule has 0 aromatic carbocycles. The van der Waals surface area contributed by atoms with Crippen LogP contribution in [-0.4, -0.2) is 22.9 Å². The highest BCUT2D eigenvalue weighted by Gasteiger charge is 2.44. The first-order valence-corrected chi connectivity index (χ1v) is 3.97. The lowest BCUT2D eigenvalue weighted by Crippen LogP contribution is -2.37. The van der Waals surface area contributed by atoms with Crippen LogP contribution >= 0.6 is 0 Å². The number of aromatic nitrogens is 1. The van der Waals surface area contributed by atoms with Crippen molar-refractivity contribution in [3.8, 4) is 0 Å². The van der Waals surface area contributed by atoms with Gasteiger partial charge in [0.05, 0.1) is 6.54 Å². The number of nitrogens with zero attached hydrogens (tertiary/aromatic N) is 2. The summed E-state index contributed by atoms with van der Waals surface area (Å²) in [7, 11) is 0. The van der Waals surface area contributed by atoms with Crippen LogP contribution in [0, 0.1) is 0 Å². The Morgan fingerprint density at radius 3 is 2.86 bits per heavy atom. The molecule has 2 heterocycles. The van der Waals surface area contributed by atoms with Crippen LogP contribution in [0.25, 0.3) is 0 Å². The molecule has 1 atom stereocenters. The number of halogens is 3. The van der Waals surface area contributed by atoms with E-state index < -0.39 is 18.9 Å². The largest absolute Gasteiger partial charge is 0.486 e. The SMILES string of the molecule is OC1CN(C(F)(F)F)c2ncccc21. The molecular formula is C8H7F3N2O. The molecule has 3 nitrogen and oxygen atoms in total. The Kier molecular flexibility index (Phi) is 1.88.